The van der Waals surface area contributed by atoms with Crippen LogP contribution in [0.5, 0.6) is 0 Å². The maximum atomic E-state index is 12.4. The molecule has 0 spiro atoms. The average Bonchev–Trinajstić information content (AvgIpc) is 2.98. The van der Waals surface area contributed by atoms with Crippen LogP contribution in [-0.2, 0) is 15.8 Å². The highest BCUT2D eigenvalue weighted by Gasteiger charge is 2.14. The number of rotatable bonds is 5. The lowest BCUT2D eigenvalue weighted by atomic mass is 10.2. The first-order chi connectivity index (χ1) is 12.3. The minimum Gasteiger partial charge on any atom is -0.321 e. The van der Waals surface area contributed by atoms with Gasteiger partial charge >= 0.3 is 0 Å². The van der Waals surface area contributed by atoms with E-state index in [0.717, 1.165) is 11.4 Å². The molecule has 0 radical (unpaired) electrons. The van der Waals surface area contributed by atoms with Crippen molar-refractivity contribution >= 4 is 21.6 Å². The molecule has 134 valence electrons. The lowest BCUT2D eigenvalue weighted by molar-refractivity contribution is 0.102. The maximum absolute atomic E-state index is 12.4. The average molecular weight is 370 g/mol. The van der Waals surface area contributed by atoms with Gasteiger partial charge in [0.2, 0.25) is 10.0 Å². The van der Waals surface area contributed by atoms with Crippen molar-refractivity contribution in [1.82, 2.24) is 9.78 Å². The van der Waals surface area contributed by atoms with Crippen LogP contribution >= 0.6 is 0 Å². The molecular formula is C18H18N4O3S. The van der Waals surface area contributed by atoms with Crippen molar-refractivity contribution in [2.24, 2.45) is 5.14 Å². The lowest BCUT2D eigenvalue weighted by Gasteiger charge is -2.05. The van der Waals surface area contributed by atoms with Crippen LogP contribution in [0, 0.1) is 6.92 Å². The summed E-state index contributed by atoms with van der Waals surface area (Å²) in [7, 11) is -3.58. The van der Waals surface area contributed by atoms with Crippen molar-refractivity contribution in [2.45, 2.75) is 12.7 Å². The third kappa shape index (κ3) is 4.35. The number of hydrogen-bond acceptors (Lipinski definition) is 4. The van der Waals surface area contributed by atoms with E-state index in [4.69, 9.17) is 5.14 Å². The summed E-state index contributed by atoms with van der Waals surface area (Å²) in [6.45, 7) is 1.87. The Kier molecular flexibility index (Phi) is 4.88. The van der Waals surface area contributed by atoms with Crippen LogP contribution in [0.2, 0.25) is 0 Å². The summed E-state index contributed by atoms with van der Waals surface area (Å²) in [5.74, 6) is -0.594. The molecule has 0 saturated heterocycles. The first kappa shape index (κ1) is 17.8. The SMILES string of the molecule is Cc1cc(C(=O)Nc2ccc(CS(N)(=O)=O)cc2)nn1-c1ccccc1. The molecule has 0 aliphatic rings. The molecule has 0 atom stereocenters. The molecule has 2 aromatic carbocycles. The highest BCUT2D eigenvalue weighted by Crippen LogP contribution is 2.15. The number of aromatic nitrogens is 2. The molecule has 3 rings (SSSR count). The van der Waals surface area contributed by atoms with Gasteiger partial charge in [0.1, 0.15) is 0 Å². The Morgan fingerprint density at radius 1 is 1.12 bits per heavy atom. The number of carbonyl (C=O) groups excluding carboxylic acids is 1. The second-order valence-corrected chi connectivity index (χ2v) is 7.49. The minimum atomic E-state index is -3.58. The molecule has 1 heterocycles. The molecule has 8 heteroatoms. The Morgan fingerprint density at radius 2 is 1.77 bits per heavy atom. The molecule has 3 aromatic rings. The first-order valence-corrected chi connectivity index (χ1v) is 9.56. The van der Waals surface area contributed by atoms with Crippen LogP contribution in [0.3, 0.4) is 0 Å². The number of anilines is 1. The molecule has 0 saturated carbocycles. The zero-order valence-corrected chi connectivity index (χ0v) is 14.9. The predicted molar refractivity (Wildman–Crippen MR) is 99.5 cm³/mol. The van der Waals surface area contributed by atoms with Crippen molar-refractivity contribution in [3.05, 3.63) is 77.6 Å². The van der Waals surface area contributed by atoms with Crippen LogP contribution in [0.25, 0.3) is 5.69 Å². The summed E-state index contributed by atoms with van der Waals surface area (Å²) < 4.78 is 23.9. The van der Waals surface area contributed by atoms with Gasteiger partial charge in [0.15, 0.2) is 5.69 Å². The van der Waals surface area contributed by atoms with E-state index < -0.39 is 10.0 Å². The first-order valence-electron chi connectivity index (χ1n) is 7.85. The number of aryl methyl sites for hydroxylation is 1. The third-order valence-corrected chi connectivity index (χ3v) is 4.44. The fraction of sp³-hybridized carbons (Fsp3) is 0.111. The number of benzene rings is 2. The number of nitrogens with two attached hydrogens (primary N) is 1. The Hall–Kier alpha value is -2.97. The fourth-order valence-electron chi connectivity index (χ4n) is 2.53. The topological polar surface area (TPSA) is 107 Å². The van der Waals surface area contributed by atoms with Gasteiger partial charge in [-0.05, 0) is 42.8 Å². The second kappa shape index (κ2) is 7.11. The zero-order valence-electron chi connectivity index (χ0n) is 14.1. The van der Waals surface area contributed by atoms with Crippen molar-refractivity contribution in [3.63, 3.8) is 0 Å². The molecule has 0 aliphatic carbocycles. The smallest absolute Gasteiger partial charge is 0.276 e. The quantitative estimate of drug-likeness (QED) is 0.718. The number of nitrogens with zero attached hydrogens (tertiary/aromatic N) is 2. The molecule has 0 bridgehead atoms. The fourth-order valence-corrected chi connectivity index (χ4v) is 3.18. The summed E-state index contributed by atoms with van der Waals surface area (Å²) in [5.41, 5.74) is 3.09. The van der Waals surface area contributed by atoms with Gasteiger partial charge in [0.25, 0.3) is 5.91 Å². The molecule has 1 amide bonds. The molecule has 3 N–H and O–H groups in total. The van der Waals surface area contributed by atoms with Gasteiger partial charge in [-0.15, -0.1) is 0 Å². The van der Waals surface area contributed by atoms with Gasteiger partial charge in [-0.25, -0.2) is 18.2 Å². The highest BCUT2D eigenvalue weighted by atomic mass is 32.2. The van der Waals surface area contributed by atoms with Crippen molar-refractivity contribution in [2.75, 3.05) is 5.32 Å². The van der Waals surface area contributed by atoms with Gasteiger partial charge in [0, 0.05) is 11.4 Å². The highest BCUT2D eigenvalue weighted by molar-refractivity contribution is 7.88. The van der Waals surface area contributed by atoms with E-state index >= 15 is 0 Å². The van der Waals surface area contributed by atoms with Crippen LogP contribution in [-0.4, -0.2) is 24.1 Å². The third-order valence-electron chi connectivity index (χ3n) is 3.70. The minimum absolute atomic E-state index is 0.248. The van der Waals surface area contributed by atoms with Gasteiger partial charge in [-0.1, -0.05) is 30.3 Å². The van der Waals surface area contributed by atoms with Crippen molar-refractivity contribution < 1.29 is 13.2 Å². The van der Waals surface area contributed by atoms with Crippen LogP contribution in [0.4, 0.5) is 5.69 Å². The number of sulfonamides is 1. The number of hydrogen-bond donors (Lipinski definition) is 2. The summed E-state index contributed by atoms with van der Waals surface area (Å²) in [6, 6.07) is 17.7. The number of amides is 1. The monoisotopic (exact) mass is 370 g/mol. The predicted octanol–water partition coefficient (Wildman–Crippen LogP) is 2.22. The molecule has 0 fully saturated rings. The van der Waals surface area contributed by atoms with E-state index in [1.54, 1.807) is 35.0 Å². The molecule has 0 unspecified atom stereocenters. The van der Waals surface area contributed by atoms with Crippen LogP contribution in [0.1, 0.15) is 21.7 Å². The summed E-state index contributed by atoms with van der Waals surface area (Å²) in [5, 5.41) is 12.1. The molecular weight excluding hydrogens is 352 g/mol. The van der Waals surface area contributed by atoms with Crippen molar-refractivity contribution in [1.29, 1.82) is 0 Å². The maximum Gasteiger partial charge on any atom is 0.276 e. The Balaban J connectivity index is 1.74. The van der Waals surface area contributed by atoms with Gasteiger partial charge in [0.05, 0.1) is 11.4 Å². The Morgan fingerprint density at radius 3 is 2.38 bits per heavy atom. The second-order valence-electron chi connectivity index (χ2n) is 5.88. The number of carbonyl (C=O) groups is 1. The molecule has 0 aliphatic heterocycles. The van der Waals surface area contributed by atoms with Gasteiger partial charge in [-0.3, -0.25) is 4.79 Å². The largest absolute Gasteiger partial charge is 0.321 e. The van der Waals surface area contributed by atoms with E-state index in [9.17, 15) is 13.2 Å². The normalized spacial score (nSPS) is 11.3. The van der Waals surface area contributed by atoms with E-state index in [1.165, 1.54) is 0 Å². The van der Waals surface area contributed by atoms with Crippen LogP contribution in [0.15, 0.2) is 60.7 Å². The summed E-state index contributed by atoms with van der Waals surface area (Å²) in [4.78, 5) is 12.4. The van der Waals surface area contributed by atoms with Crippen molar-refractivity contribution in [3.8, 4) is 5.69 Å². The standard InChI is InChI=1S/C18H18N4O3S/c1-13-11-17(21-22(13)16-5-3-2-4-6-16)18(23)20-15-9-7-14(8-10-15)12-26(19,24)25/h2-11H,12H2,1H3,(H,20,23)(H2,19,24,25). The number of nitrogens with one attached hydrogen (secondary N) is 1. The van der Waals surface area contributed by atoms with E-state index in [2.05, 4.69) is 10.4 Å². The Labute approximate surface area is 151 Å². The Bertz CT molecular complexity index is 1030. The van der Waals surface area contributed by atoms with Crippen LogP contribution < -0.4 is 10.5 Å². The van der Waals surface area contributed by atoms with Gasteiger partial charge in [-0.2, -0.15) is 5.10 Å². The van der Waals surface area contributed by atoms with E-state index in [0.29, 0.717) is 16.9 Å². The summed E-state index contributed by atoms with van der Waals surface area (Å²) >= 11 is 0. The zero-order chi connectivity index (χ0) is 18.7. The van der Waals surface area contributed by atoms with E-state index in [1.807, 2.05) is 37.3 Å². The van der Waals surface area contributed by atoms with E-state index in [-0.39, 0.29) is 11.7 Å². The molecule has 7 nitrogen and oxygen atoms in total. The lowest BCUT2D eigenvalue weighted by Crippen LogP contribution is -2.15. The molecule has 26 heavy (non-hydrogen) atoms. The summed E-state index contributed by atoms with van der Waals surface area (Å²) in [6.07, 6.45) is 0. The molecule has 1 aromatic heterocycles. The van der Waals surface area contributed by atoms with Gasteiger partial charge < -0.3 is 5.32 Å². The number of para-hydroxylation sites is 1. The number of primary sulfonamides is 1.